The molecule has 9 heteroatoms. The maximum absolute atomic E-state index is 12.2. The van der Waals surface area contributed by atoms with Crippen molar-refractivity contribution in [2.45, 2.75) is 4.90 Å². The Labute approximate surface area is 133 Å². The third kappa shape index (κ3) is 3.35. The van der Waals surface area contributed by atoms with Gasteiger partial charge in [-0.3, -0.25) is 4.79 Å². The number of rotatable bonds is 8. The third-order valence-corrected chi connectivity index (χ3v) is 5.16. The van der Waals surface area contributed by atoms with Gasteiger partial charge < -0.3 is 14.2 Å². The number of nitrogens with zero attached hydrogens (tertiary/aromatic N) is 1. The molecule has 122 valence electrons. The lowest BCUT2D eigenvalue weighted by molar-refractivity contribution is 0.0544. The number of fused-ring (bicyclic) bond motifs is 1. The van der Waals surface area contributed by atoms with Gasteiger partial charge in [0.2, 0.25) is 0 Å². The summed E-state index contributed by atoms with van der Waals surface area (Å²) in [7, 11) is -2.31. The Balaban J connectivity index is 2.03. The number of carbonyl (C=O) groups excluding carboxylic acids is 1. The Morgan fingerprint density at radius 2 is 1.91 bits per heavy atom. The molecular weight excluding hydrogens is 334 g/mol. The number of hydrogen-bond acceptors (Lipinski definition) is 6. The van der Waals surface area contributed by atoms with Gasteiger partial charge in [-0.2, -0.15) is 0 Å². The van der Waals surface area contributed by atoms with E-state index in [9.17, 15) is 13.2 Å². The average molecular weight is 350 g/mol. The first-order chi connectivity index (χ1) is 10.5. The number of amides is 1. The summed E-state index contributed by atoms with van der Waals surface area (Å²) in [6.45, 7) is 1.56. The first-order valence-corrected chi connectivity index (χ1v) is 8.46. The molecule has 0 N–H and O–H groups in total. The second-order valence-corrected chi connectivity index (χ2v) is 6.46. The molecule has 2 rings (SSSR count). The fraction of sp³-hybridized carbons (Fsp3) is 0.462. The van der Waals surface area contributed by atoms with Crippen LogP contribution in [0, 0.1) is 0 Å². The van der Waals surface area contributed by atoms with Gasteiger partial charge in [0.05, 0.1) is 25.4 Å². The maximum atomic E-state index is 12.2. The van der Waals surface area contributed by atoms with Crippen molar-refractivity contribution < 1.29 is 27.4 Å². The minimum atomic E-state index is -3.89. The van der Waals surface area contributed by atoms with Crippen LogP contribution in [0.25, 0.3) is 0 Å². The van der Waals surface area contributed by atoms with E-state index in [1.165, 1.54) is 12.1 Å². The summed E-state index contributed by atoms with van der Waals surface area (Å²) >= 11 is 5.53. The highest BCUT2D eigenvalue weighted by Gasteiger charge is 2.40. The zero-order valence-corrected chi connectivity index (χ0v) is 13.5. The number of benzene rings is 1. The summed E-state index contributed by atoms with van der Waals surface area (Å²) in [5, 5.41) is 0. The minimum absolute atomic E-state index is 0.0871. The van der Waals surface area contributed by atoms with Crippen molar-refractivity contribution in [3.63, 3.8) is 0 Å². The van der Waals surface area contributed by atoms with Crippen LogP contribution in [0.15, 0.2) is 23.1 Å². The molecule has 7 nitrogen and oxygen atoms in total. The third-order valence-electron chi connectivity index (χ3n) is 3.01. The van der Waals surface area contributed by atoms with Gasteiger partial charge in [-0.15, -0.1) is 11.6 Å². The lowest BCUT2D eigenvalue weighted by Crippen LogP contribution is -2.28. The number of methoxy groups -OCH3 is 1. The first-order valence-electron chi connectivity index (χ1n) is 6.49. The monoisotopic (exact) mass is 349 g/mol. The minimum Gasteiger partial charge on any atom is -0.491 e. The highest BCUT2D eigenvalue weighted by Crippen LogP contribution is 2.33. The van der Waals surface area contributed by atoms with Crippen molar-refractivity contribution in [3.8, 4) is 5.75 Å². The molecule has 0 saturated heterocycles. The highest BCUT2D eigenvalue weighted by molar-refractivity contribution is 7.90. The van der Waals surface area contributed by atoms with Gasteiger partial charge in [-0.05, 0) is 12.1 Å². The van der Waals surface area contributed by atoms with Crippen LogP contribution in [0.5, 0.6) is 5.75 Å². The van der Waals surface area contributed by atoms with E-state index in [1.54, 1.807) is 13.2 Å². The molecule has 0 atom stereocenters. The number of halogens is 1. The fourth-order valence-electron chi connectivity index (χ4n) is 1.93. The Bertz CT molecular complexity index is 648. The summed E-state index contributed by atoms with van der Waals surface area (Å²) in [6, 6.07) is 3.87. The molecule has 0 saturated carbocycles. The van der Waals surface area contributed by atoms with E-state index in [2.05, 4.69) is 0 Å². The molecule has 1 amide bonds. The number of alkyl halides is 1. The zero-order chi connectivity index (χ0) is 16.2. The fourth-order valence-corrected chi connectivity index (χ4v) is 3.80. The van der Waals surface area contributed by atoms with Gasteiger partial charge in [-0.1, -0.05) is 0 Å². The van der Waals surface area contributed by atoms with Crippen molar-refractivity contribution in [3.05, 3.63) is 23.8 Å². The van der Waals surface area contributed by atoms with Crippen LogP contribution in [0.1, 0.15) is 10.4 Å². The SMILES string of the molecule is COCCOCCOc1ccc2c(c1)S(=O)(=O)N(CCl)C2=O. The lowest BCUT2D eigenvalue weighted by Gasteiger charge is -2.10. The molecule has 0 radical (unpaired) electrons. The molecular formula is C13H16ClNO6S. The summed E-state index contributed by atoms with van der Waals surface area (Å²) < 4.78 is 40.4. The second-order valence-electron chi connectivity index (χ2n) is 4.39. The van der Waals surface area contributed by atoms with Crippen molar-refractivity contribution in [1.29, 1.82) is 0 Å². The van der Waals surface area contributed by atoms with Crippen LogP contribution in [0.4, 0.5) is 0 Å². The smallest absolute Gasteiger partial charge is 0.270 e. The summed E-state index contributed by atoms with van der Waals surface area (Å²) in [5.41, 5.74) is 0.101. The van der Waals surface area contributed by atoms with Crippen LogP contribution in [0.3, 0.4) is 0 Å². The van der Waals surface area contributed by atoms with Crippen LogP contribution < -0.4 is 4.74 Å². The molecule has 1 aromatic carbocycles. The Kier molecular flexibility index (Phi) is 5.63. The van der Waals surface area contributed by atoms with Crippen molar-refractivity contribution in [1.82, 2.24) is 4.31 Å². The van der Waals surface area contributed by atoms with E-state index in [0.717, 1.165) is 0 Å². The molecule has 1 heterocycles. The quantitative estimate of drug-likeness (QED) is 0.396. The van der Waals surface area contributed by atoms with Crippen molar-refractivity contribution >= 4 is 27.5 Å². The first kappa shape index (κ1) is 17.0. The zero-order valence-electron chi connectivity index (χ0n) is 12.0. The largest absolute Gasteiger partial charge is 0.491 e. The molecule has 0 aliphatic carbocycles. The Hall–Kier alpha value is -1.35. The van der Waals surface area contributed by atoms with E-state index in [4.69, 9.17) is 25.8 Å². The predicted molar refractivity (Wildman–Crippen MR) is 78.7 cm³/mol. The van der Waals surface area contributed by atoms with Gasteiger partial charge in [0, 0.05) is 13.2 Å². The molecule has 1 aliphatic heterocycles. The van der Waals surface area contributed by atoms with Crippen molar-refractivity contribution in [2.24, 2.45) is 0 Å². The van der Waals surface area contributed by atoms with Crippen molar-refractivity contribution in [2.75, 3.05) is 39.5 Å². The molecule has 0 bridgehead atoms. The topological polar surface area (TPSA) is 82.1 Å². The number of carbonyl (C=O) groups is 1. The van der Waals surface area contributed by atoms with Gasteiger partial charge in [0.1, 0.15) is 23.3 Å². The molecule has 0 spiro atoms. The van der Waals surface area contributed by atoms with Gasteiger partial charge >= 0.3 is 0 Å². The predicted octanol–water partition coefficient (Wildman–Crippen LogP) is 1.07. The standard InChI is InChI=1S/C13H16ClNO6S/c1-19-4-5-20-6-7-21-10-2-3-11-12(8-10)22(17,18)15(9-14)13(11)16/h2-3,8H,4-7,9H2,1H3. The van der Waals surface area contributed by atoms with E-state index < -0.39 is 21.9 Å². The van der Waals surface area contributed by atoms with Crippen LogP contribution in [-0.2, 0) is 19.5 Å². The molecule has 1 aliphatic rings. The Morgan fingerprint density at radius 1 is 1.18 bits per heavy atom. The van der Waals surface area contributed by atoms with Crippen LogP contribution in [-0.4, -0.2) is 58.2 Å². The molecule has 1 aromatic rings. The van der Waals surface area contributed by atoms with Gasteiger partial charge in [0.15, 0.2) is 0 Å². The summed E-state index contributed by atoms with van der Waals surface area (Å²) in [4.78, 5) is 11.8. The normalized spacial score (nSPS) is 15.9. The van der Waals surface area contributed by atoms with Crippen LogP contribution in [0.2, 0.25) is 0 Å². The van der Waals surface area contributed by atoms with Gasteiger partial charge in [0.25, 0.3) is 15.9 Å². The van der Waals surface area contributed by atoms with Gasteiger partial charge in [-0.25, -0.2) is 12.7 Å². The number of sulfonamides is 1. The van der Waals surface area contributed by atoms with E-state index in [0.29, 0.717) is 29.9 Å². The Morgan fingerprint density at radius 3 is 2.59 bits per heavy atom. The van der Waals surface area contributed by atoms with E-state index >= 15 is 0 Å². The highest BCUT2D eigenvalue weighted by atomic mass is 35.5. The molecule has 0 unspecified atom stereocenters. The lowest BCUT2D eigenvalue weighted by atomic mass is 10.2. The summed E-state index contributed by atoms with van der Waals surface area (Å²) in [5.74, 6) is -0.277. The van der Waals surface area contributed by atoms with Crippen LogP contribution >= 0.6 is 11.6 Å². The van der Waals surface area contributed by atoms with E-state index in [1.807, 2.05) is 0 Å². The maximum Gasteiger partial charge on any atom is 0.270 e. The number of hydrogen-bond donors (Lipinski definition) is 0. The van der Waals surface area contributed by atoms with E-state index in [-0.39, 0.29) is 17.1 Å². The average Bonchev–Trinajstić information content (AvgIpc) is 2.69. The summed E-state index contributed by atoms with van der Waals surface area (Å²) in [6.07, 6.45) is 0. The molecule has 0 aromatic heterocycles. The molecule has 0 fully saturated rings. The molecule has 22 heavy (non-hydrogen) atoms. The number of ether oxygens (including phenoxy) is 3. The second kappa shape index (κ2) is 7.28.